The molecular weight excluding hydrogens is 643 g/mol. The largest absolute Gasteiger partial charge is 0.394 e. The molecule has 0 aliphatic carbocycles. The quantitative estimate of drug-likeness (QED) is 0.0444. The Labute approximate surface area is 297 Å². The van der Waals surface area contributed by atoms with Gasteiger partial charge in [-0.3, -0.25) is 14.6 Å². The van der Waals surface area contributed by atoms with Gasteiger partial charge < -0.3 is 25.6 Å². The van der Waals surface area contributed by atoms with Crippen molar-refractivity contribution in [3.8, 4) is 0 Å². The summed E-state index contributed by atoms with van der Waals surface area (Å²) in [6.45, 7) is 7.34. The van der Waals surface area contributed by atoms with Crippen LogP contribution in [-0.2, 0) is 9.53 Å². The van der Waals surface area contributed by atoms with E-state index in [4.69, 9.17) is 14.9 Å². The molecule has 0 bridgehead atoms. The molecule has 8 nitrogen and oxygen atoms in total. The minimum atomic E-state index is -0.592. The lowest BCUT2D eigenvalue weighted by Crippen LogP contribution is -2.30. The van der Waals surface area contributed by atoms with Crippen LogP contribution in [0.25, 0.3) is 0 Å². The zero-order chi connectivity index (χ0) is 35.3. The van der Waals surface area contributed by atoms with E-state index < -0.39 is 6.10 Å². The highest BCUT2D eigenvalue weighted by atomic mass is 33.1. The Morgan fingerprint density at radius 1 is 0.833 bits per heavy atom. The smallest absolute Gasteiger partial charge is 0.252 e. The van der Waals surface area contributed by atoms with Crippen LogP contribution >= 0.6 is 21.6 Å². The normalized spacial score (nSPS) is 12.1. The number of pyridine rings is 1. The van der Waals surface area contributed by atoms with Gasteiger partial charge in [0, 0.05) is 42.9 Å². The number of amides is 2. The van der Waals surface area contributed by atoms with Crippen molar-refractivity contribution in [2.45, 2.75) is 83.5 Å². The number of aliphatic hydroxyl groups is 2. The van der Waals surface area contributed by atoms with Gasteiger partial charge in [-0.25, -0.2) is 0 Å². The lowest BCUT2D eigenvalue weighted by Gasteiger charge is -2.12. The Hall–Kier alpha value is -2.89. The van der Waals surface area contributed by atoms with E-state index in [1.54, 1.807) is 18.3 Å². The molecule has 0 spiro atoms. The first kappa shape index (κ1) is 45.1. The predicted molar refractivity (Wildman–Crippen MR) is 206 cm³/mol. The van der Waals surface area contributed by atoms with Crippen molar-refractivity contribution >= 4 is 33.4 Å². The van der Waals surface area contributed by atoms with Crippen LogP contribution in [0.3, 0.4) is 0 Å². The molecule has 48 heavy (non-hydrogen) atoms. The molecule has 0 aliphatic rings. The second kappa shape index (κ2) is 35.4. The van der Waals surface area contributed by atoms with Crippen molar-refractivity contribution in [3.63, 3.8) is 0 Å². The van der Waals surface area contributed by atoms with E-state index in [1.165, 1.54) is 6.20 Å². The summed E-state index contributed by atoms with van der Waals surface area (Å²) in [5.41, 5.74) is 0.480. The number of nitrogens with one attached hydrogen (secondary N) is 2. The van der Waals surface area contributed by atoms with E-state index in [1.807, 2.05) is 21.6 Å². The Morgan fingerprint density at radius 3 is 1.90 bits per heavy atom. The number of nitrogens with zero attached hydrogens (tertiary/aromatic N) is 1. The van der Waals surface area contributed by atoms with Crippen molar-refractivity contribution in [1.82, 2.24) is 15.6 Å². The second-order valence-corrected chi connectivity index (χ2v) is 13.7. The van der Waals surface area contributed by atoms with Crippen LogP contribution in [0, 0.1) is 0 Å². The summed E-state index contributed by atoms with van der Waals surface area (Å²) in [5, 5.41) is 23.7. The highest BCUT2D eigenvalue weighted by Crippen LogP contribution is 2.25. The second-order valence-electron chi connectivity index (χ2n) is 10.6. The molecule has 0 unspecified atom stereocenters. The topological polar surface area (TPSA) is 121 Å². The molecule has 0 radical (unpaired) electrons. The van der Waals surface area contributed by atoms with Gasteiger partial charge in [0.25, 0.3) is 5.91 Å². The fourth-order valence-corrected chi connectivity index (χ4v) is 5.42. The van der Waals surface area contributed by atoms with Gasteiger partial charge in [-0.1, -0.05) is 115 Å². The maximum absolute atomic E-state index is 11.7. The summed E-state index contributed by atoms with van der Waals surface area (Å²) in [5.74, 6) is 0.884. The molecule has 268 valence electrons. The van der Waals surface area contributed by atoms with E-state index in [-0.39, 0.29) is 31.6 Å². The Balaban J connectivity index is 0.00000109. The molecule has 2 amide bonds. The summed E-state index contributed by atoms with van der Waals surface area (Å²) < 4.78 is 5.10. The first-order valence-electron chi connectivity index (χ1n) is 16.9. The minimum absolute atomic E-state index is 0.148. The fraction of sp³-hybridized carbons (Fsp3) is 0.500. The first-order valence-corrected chi connectivity index (χ1v) is 19.3. The van der Waals surface area contributed by atoms with Crippen LogP contribution < -0.4 is 10.6 Å². The maximum atomic E-state index is 11.7. The van der Waals surface area contributed by atoms with Crippen molar-refractivity contribution in [2.24, 2.45) is 0 Å². The average molecular weight is 702 g/mol. The monoisotopic (exact) mass is 701 g/mol. The molecule has 4 N–H and O–H groups in total. The lowest BCUT2D eigenvalue weighted by atomic mass is 10.2. The zero-order valence-corrected chi connectivity index (χ0v) is 30.8. The van der Waals surface area contributed by atoms with Gasteiger partial charge in [-0.15, -0.1) is 0 Å². The summed E-state index contributed by atoms with van der Waals surface area (Å²) in [4.78, 5) is 27.1. The highest BCUT2D eigenvalue weighted by molar-refractivity contribution is 8.76. The summed E-state index contributed by atoms with van der Waals surface area (Å²) in [7, 11) is 3.68. The van der Waals surface area contributed by atoms with Gasteiger partial charge >= 0.3 is 0 Å². The van der Waals surface area contributed by atoms with Crippen molar-refractivity contribution in [3.05, 3.63) is 103 Å². The predicted octanol–water partition coefficient (Wildman–Crippen LogP) is 7.55. The van der Waals surface area contributed by atoms with Crippen molar-refractivity contribution in [2.75, 3.05) is 38.7 Å². The van der Waals surface area contributed by atoms with Crippen LogP contribution in [0.1, 0.15) is 82.5 Å². The SMILES string of the molecule is CC/C=C\C/C=C\C/C=C\C/C=C\C/C=C\C/C=C\CCC(=O)NCCSSC(C)C.O=C(NCCOC(CO)CO)c1cccnc1. The third-order valence-electron chi connectivity index (χ3n) is 5.97. The fourth-order valence-electron chi connectivity index (χ4n) is 3.51. The van der Waals surface area contributed by atoms with Gasteiger partial charge in [0.1, 0.15) is 6.10 Å². The molecule has 0 saturated heterocycles. The van der Waals surface area contributed by atoms with E-state index in [0.717, 1.165) is 57.2 Å². The average Bonchev–Trinajstić information content (AvgIpc) is 3.09. The van der Waals surface area contributed by atoms with Gasteiger partial charge in [-0.2, -0.15) is 0 Å². The Kier molecular flexibility index (Phi) is 33.3. The molecule has 0 aliphatic heterocycles. The number of carbonyl (C=O) groups is 2. The third kappa shape index (κ3) is 31.7. The molecule has 0 atom stereocenters. The molecule has 1 heterocycles. The first-order chi connectivity index (χ1) is 23.4. The lowest BCUT2D eigenvalue weighted by molar-refractivity contribution is -0.120. The number of aromatic nitrogens is 1. The Morgan fingerprint density at radius 2 is 1.40 bits per heavy atom. The van der Waals surface area contributed by atoms with Crippen LogP contribution in [0.15, 0.2) is 97.4 Å². The number of hydrogen-bond donors (Lipinski definition) is 4. The molecule has 0 aromatic carbocycles. The molecule has 10 heteroatoms. The molecule has 1 aromatic heterocycles. The standard InChI is InChI=1S/C27H43NOS2.C11H16N2O4/c1-4-5-6-7-8-9-10-11-12-13-14-15-16-17-18-19-20-21-22-23-27(29)28-24-25-30-31-26(2)3;14-7-10(8-15)17-5-4-13-11(16)9-2-1-3-12-6-9/h5-6,8-9,11-12,14-15,17-18,20-21,26H,4,7,10,13,16,19,22-25H2,1-3H3,(H,28,29);1-3,6,10,14-15H,4-5,7-8H2,(H,13,16)/b6-5-,9-8-,12-11-,15-14-,18-17-,21-20-;. The number of allylic oxidation sites excluding steroid dienone is 12. The highest BCUT2D eigenvalue weighted by Gasteiger charge is 2.07. The molecule has 0 fully saturated rings. The molecule has 1 aromatic rings. The van der Waals surface area contributed by atoms with Crippen LogP contribution in [0.2, 0.25) is 0 Å². The zero-order valence-electron chi connectivity index (χ0n) is 29.2. The summed E-state index contributed by atoms with van der Waals surface area (Å²) in [6, 6.07) is 3.34. The van der Waals surface area contributed by atoms with Gasteiger partial charge in [0.2, 0.25) is 5.91 Å². The number of carbonyl (C=O) groups excluding carboxylic acids is 2. The number of hydrogen-bond acceptors (Lipinski definition) is 8. The van der Waals surface area contributed by atoms with E-state index in [9.17, 15) is 9.59 Å². The van der Waals surface area contributed by atoms with E-state index in [2.05, 4.69) is 109 Å². The van der Waals surface area contributed by atoms with Gasteiger partial charge in [-0.05, 0) is 57.1 Å². The van der Waals surface area contributed by atoms with Crippen molar-refractivity contribution in [1.29, 1.82) is 0 Å². The summed E-state index contributed by atoms with van der Waals surface area (Å²) >= 11 is 0. The number of ether oxygens (including phenoxy) is 1. The maximum Gasteiger partial charge on any atom is 0.252 e. The molecule has 1 rings (SSSR count). The van der Waals surface area contributed by atoms with Gasteiger partial charge in [0.15, 0.2) is 0 Å². The molecular formula is C38H59N3O5S2. The third-order valence-corrected chi connectivity index (χ3v) is 8.93. The van der Waals surface area contributed by atoms with E-state index >= 15 is 0 Å². The molecule has 0 saturated carbocycles. The van der Waals surface area contributed by atoms with Gasteiger partial charge in [0.05, 0.1) is 25.4 Å². The Bertz CT molecular complexity index is 1090. The minimum Gasteiger partial charge on any atom is -0.394 e. The van der Waals surface area contributed by atoms with Crippen LogP contribution in [-0.4, -0.2) is 77.0 Å². The number of aliphatic hydroxyl groups excluding tert-OH is 2. The van der Waals surface area contributed by atoms with E-state index in [0.29, 0.717) is 23.8 Å². The summed E-state index contributed by atoms with van der Waals surface area (Å²) in [6.07, 6.45) is 36.2. The number of rotatable bonds is 26. The van der Waals surface area contributed by atoms with Crippen LogP contribution in [0.5, 0.6) is 0 Å². The van der Waals surface area contributed by atoms with Crippen LogP contribution in [0.4, 0.5) is 0 Å². The van der Waals surface area contributed by atoms with Crippen molar-refractivity contribution < 1.29 is 24.5 Å².